The molecule has 1 aliphatic heterocycles. The summed E-state index contributed by atoms with van der Waals surface area (Å²) in [6.07, 6.45) is 1.39. The Kier molecular flexibility index (Phi) is 7.23. The Balaban J connectivity index is 1.42. The van der Waals surface area contributed by atoms with Gasteiger partial charge in [0, 0.05) is 27.7 Å². The minimum absolute atomic E-state index is 0.142. The Hall–Kier alpha value is -4.59. The zero-order valence-corrected chi connectivity index (χ0v) is 22.6. The van der Waals surface area contributed by atoms with Gasteiger partial charge in [0.1, 0.15) is 11.9 Å². The van der Waals surface area contributed by atoms with Gasteiger partial charge in [-0.3, -0.25) is 4.79 Å². The number of hydrogen-bond donors (Lipinski definition) is 1. The van der Waals surface area contributed by atoms with Crippen molar-refractivity contribution in [3.8, 4) is 11.4 Å². The van der Waals surface area contributed by atoms with Crippen LogP contribution in [0, 0.1) is 0 Å². The first-order valence-corrected chi connectivity index (χ1v) is 13.3. The molecule has 0 unspecified atom stereocenters. The fourth-order valence-corrected chi connectivity index (χ4v) is 4.74. The Morgan fingerprint density at radius 1 is 0.875 bits per heavy atom. The summed E-state index contributed by atoms with van der Waals surface area (Å²) in [4.78, 5) is 17.9. The molecular formula is C31H22Cl2N6O. The molecule has 6 rings (SSSR count). The Morgan fingerprint density at radius 3 is 2.30 bits per heavy atom. The van der Waals surface area contributed by atoms with Crippen molar-refractivity contribution in [2.24, 2.45) is 10.2 Å². The maximum atomic E-state index is 13.4. The quantitative estimate of drug-likeness (QED) is 0.185. The Morgan fingerprint density at radius 2 is 1.55 bits per heavy atom. The number of nitrogens with zero attached hydrogens (tertiary/aromatic N) is 5. The second kappa shape index (κ2) is 11.3. The lowest BCUT2D eigenvalue weighted by Crippen LogP contribution is -2.33. The second-order valence-corrected chi connectivity index (χ2v) is 10.0. The average molecular weight is 565 g/mol. The molecule has 0 bridgehead atoms. The van der Waals surface area contributed by atoms with E-state index in [0.29, 0.717) is 21.6 Å². The lowest BCUT2D eigenvalue weighted by molar-refractivity contribution is 0.537. The van der Waals surface area contributed by atoms with Gasteiger partial charge in [0.15, 0.2) is 5.82 Å². The smallest absolute Gasteiger partial charge is 0.295 e. The van der Waals surface area contributed by atoms with Gasteiger partial charge >= 0.3 is 0 Å². The van der Waals surface area contributed by atoms with Crippen molar-refractivity contribution >= 4 is 40.8 Å². The summed E-state index contributed by atoms with van der Waals surface area (Å²) in [7, 11) is 0. The summed E-state index contributed by atoms with van der Waals surface area (Å²) in [5, 5.41) is 18.4. The number of halogens is 2. The third-order valence-electron chi connectivity index (χ3n) is 6.49. The normalized spacial score (nSPS) is 14.4. The van der Waals surface area contributed by atoms with Crippen LogP contribution >= 0.6 is 23.2 Å². The largest absolute Gasteiger partial charge is 0.359 e. The predicted molar refractivity (Wildman–Crippen MR) is 161 cm³/mol. The molecule has 0 spiro atoms. The number of anilines is 1. The maximum absolute atomic E-state index is 13.4. The van der Waals surface area contributed by atoms with E-state index in [9.17, 15) is 4.79 Å². The van der Waals surface area contributed by atoms with Gasteiger partial charge in [0.25, 0.3) is 5.56 Å². The molecule has 40 heavy (non-hydrogen) atoms. The lowest BCUT2D eigenvalue weighted by atomic mass is 10.0. The number of nitrogens with one attached hydrogen (secondary N) is 1. The minimum atomic E-state index is -0.414. The van der Waals surface area contributed by atoms with Crippen molar-refractivity contribution in [1.29, 1.82) is 0 Å². The zero-order chi connectivity index (χ0) is 27.5. The monoisotopic (exact) mass is 564 g/mol. The fraction of sp³-hybridized carbons (Fsp3) is 0.0645. The van der Waals surface area contributed by atoms with Crippen LogP contribution in [0.1, 0.15) is 28.6 Å². The van der Waals surface area contributed by atoms with E-state index in [0.717, 1.165) is 27.9 Å². The van der Waals surface area contributed by atoms with E-state index in [4.69, 9.17) is 28.3 Å². The molecule has 7 nitrogen and oxygen atoms in total. The second-order valence-electron chi connectivity index (χ2n) is 9.16. The molecule has 0 saturated heterocycles. The highest BCUT2D eigenvalue weighted by Crippen LogP contribution is 2.36. The van der Waals surface area contributed by atoms with Gasteiger partial charge in [-0.15, -0.1) is 0 Å². The summed E-state index contributed by atoms with van der Waals surface area (Å²) in [6, 6.07) is 32.1. The lowest BCUT2D eigenvalue weighted by Gasteiger charge is -2.30. The van der Waals surface area contributed by atoms with Gasteiger partial charge in [0.2, 0.25) is 0 Å². The standard InChI is InChI=1S/C31H22Cl2N6O/c32-23-14-10-20(11-15-23)19-34-37-27(21-6-2-1-3-7-21)18-28-31(40)36-30-25-8-4-5-9-26(25)35-29(39(30)38-28)22-12-16-24(33)17-13-22/h1-17,19,29,35H,18H2/b34-19-,37-27+/t29-/m0/s1. The van der Waals surface area contributed by atoms with Crippen LogP contribution in [0.3, 0.4) is 0 Å². The molecule has 1 aromatic heterocycles. The highest BCUT2D eigenvalue weighted by Gasteiger charge is 2.28. The molecule has 196 valence electrons. The minimum Gasteiger partial charge on any atom is -0.359 e. The number of aromatic nitrogens is 3. The summed E-state index contributed by atoms with van der Waals surface area (Å²) in [6.45, 7) is 0. The van der Waals surface area contributed by atoms with Crippen LogP contribution < -0.4 is 10.9 Å². The van der Waals surface area contributed by atoms with E-state index in [1.165, 1.54) is 0 Å². The van der Waals surface area contributed by atoms with Crippen molar-refractivity contribution < 1.29 is 0 Å². The van der Waals surface area contributed by atoms with Gasteiger partial charge in [-0.25, -0.2) is 4.68 Å². The van der Waals surface area contributed by atoms with Gasteiger partial charge in [0.05, 0.1) is 11.9 Å². The van der Waals surface area contributed by atoms with Crippen molar-refractivity contribution in [1.82, 2.24) is 14.8 Å². The number of hydrogen-bond acceptors (Lipinski definition) is 6. The zero-order valence-electron chi connectivity index (χ0n) is 21.1. The van der Waals surface area contributed by atoms with Crippen LogP contribution in [0.5, 0.6) is 0 Å². The number of fused-ring (bicyclic) bond motifs is 3. The van der Waals surface area contributed by atoms with Crippen LogP contribution in [-0.4, -0.2) is 26.7 Å². The average Bonchev–Trinajstić information content (AvgIpc) is 2.98. The summed E-state index contributed by atoms with van der Waals surface area (Å²) in [5.74, 6) is 0.488. The van der Waals surface area contributed by atoms with Crippen molar-refractivity contribution in [2.75, 3.05) is 5.32 Å². The highest BCUT2D eigenvalue weighted by molar-refractivity contribution is 6.30. The molecule has 0 radical (unpaired) electrons. The van der Waals surface area contributed by atoms with E-state index < -0.39 is 11.7 Å². The number of rotatable bonds is 6. The fourth-order valence-electron chi connectivity index (χ4n) is 4.49. The number of para-hydroxylation sites is 1. The van der Waals surface area contributed by atoms with E-state index >= 15 is 0 Å². The van der Waals surface area contributed by atoms with Crippen LogP contribution in [0.15, 0.2) is 118 Å². The van der Waals surface area contributed by atoms with Gasteiger partial charge in [-0.05, 0) is 53.1 Å². The molecule has 1 aliphatic rings. The first-order chi connectivity index (χ1) is 19.5. The van der Waals surface area contributed by atoms with Crippen LogP contribution in [0.2, 0.25) is 10.0 Å². The van der Waals surface area contributed by atoms with Crippen LogP contribution in [0.4, 0.5) is 5.69 Å². The van der Waals surface area contributed by atoms with Crippen molar-refractivity contribution in [2.45, 2.75) is 12.6 Å². The van der Waals surface area contributed by atoms with Crippen molar-refractivity contribution in [3.63, 3.8) is 0 Å². The molecule has 1 atom stereocenters. The van der Waals surface area contributed by atoms with Crippen molar-refractivity contribution in [3.05, 3.63) is 146 Å². The van der Waals surface area contributed by atoms with Gasteiger partial charge in [-0.1, -0.05) is 89.9 Å². The summed E-state index contributed by atoms with van der Waals surface area (Å²) in [5.41, 5.74) is 4.71. The van der Waals surface area contributed by atoms with Crippen LogP contribution in [0.25, 0.3) is 11.4 Å². The van der Waals surface area contributed by atoms with Crippen LogP contribution in [-0.2, 0) is 6.42 Å². The molecule has 4 aromatic carbocycles. The topological polar surface area (TPSA) is 84.5 Å². The van der Waals surface area contributed by atoms with E-state index in [2.05, 4.69) is 20.5 Å². The number of benzene rings is 4. The maximum Gasteiger partial charge on any atom is 0.295 e. The third kappa shape index (κ3) is 5.43. The molecule has 1 N–H and O–H groups in total. The SMILES string of the molecule is O=c1nc2n(nc1C/C(=N\N=C/c1ccc(Cl)cc1)c1ccccc1)[C@@H](c1ccc(Cl)cc1)Nc1ccccc1-2. The first kappa shape index (κ1) is 25.7. The van der Waals surface area contributed by atoms with Gasteiger partial charge in [-0.2, -0.15) is 20.3 Å². The summed E-state index contributed by atoms with van der Waals surface area (Å²) >= 11 is 12.1. The van der Waals surface area contributed by atoms with E-state index in [1.54, 1.807) is 23.0 Å². The molecule has 9 heteroatoms. The van der Waals surface area contributed by atoms with Gasteiger partial charge < -0.3 is 5.32 Å². The molecule has 0 fully saturated rings. The first-order valence-electron chi connectivity index (χ1n) is 12.6. The molecular weight excluding hydrogens is 543 g/mol. The third-order valence-corrected chi connectivity index (χ3v) is 6.99. The molecule has 5 aromatic rings. The molecule has 0 aliphatic carbocycles. The van der Waals surface area contributed by atoms with E-state index in [-0.39, 0.29) is 12.1 Å². The molecule has 0 saturated carbocycles. The Labute approximate surface area is 240 Å². The molecule has 0 amide bonds. The molecule has 2 heterocycles. The predicted octanol–water partition coefficient (Wildman–Crippen LogP) is 6.65. The summed E-state index contributed by atoms with van der Waals surface area (Å²) < 4.78 is 1.75. The Bertz CT molecular complexity index is 1780. The highest BCUT2D eigenvalue weighted by atomic mass is 35.5. The van der Waals surface area contributed by atoms with E-state index in [1.807, 2.05) is 91.0 Å².